The summed E-state index contributed by atoms with van der Waals surface area (Å²) in [4.78, 5) is 17.5. The van der Waals surface area contributed by atoms with Crippen LogP contribution in [0.2, 0.25) is 0 Å². The van der Waals surface area contributed by atoms with Crippen LogP contribution in [0, 0.1) is 6.92 Å². The van der Waals surface area contributed by atoms with Crippen LogP contribution < -0.4 is 0 Å². The van der Waals surface area contributed by atoms with Gasteiger partial charge >= 0.3 is 0 Å². The summed E-state index contributed by atoms with van der Waals surface area (Å²) in [6, 6.07) is 7.95. The Kier molecular flexibility index (Phi) is 4.34. The SMILES string of the molecule is C=CCN1CCC[C@@]12CCCN(C(=O)c1cccc(C)c1)C2. The summed E-state index contributed by atoms with van der Waals surface area (Å²) >= 11 is 0. The highest BCUT2D eigenvalue weighted by atomic mass is 16.2. The molecule has 2 heterocycles. The summed E-state index contributed by atoms with van der Waals surface area (Å²) in [6.07, 6.45) is 6.75. The van der Waals surface area contributed by atoms with Crippen LogP contribution in [0.5, 0.6) is 0 Å². The topological polar surface area (TPSA) is 23.6 Å². The highest BCUT2D eigenvalue weighted by Crippen LogP contribution is 2.37. The molecule has 22 heavy (non-hydrogen) atoms. The Labute approximate surface area is 133 Å². The Morgan fingerprint density at radius 1 is 1.32 bits per heavy atom. The molecule has 3 rings (SSSR count). The number of hydrogen-bond acceptors (Lipinski definition) is 2. The van der Waals surface area contributed by atoms with Gasteiger partial charge in [-0.3, -0.25) is 9.69 Å². The number of amides is 1. The van der Waals surface area contributed by atoms with E-state index in [1.165, 1.54) is 19.3 Å². The van der Waals surface area contributed by atoms with Crippen LogP contribution in [0.4, 0.5) is 0 Å². The highest BCUT2D eigenvalue weighted by molar-refractivity contribution is 5.94. The van der Waals surface area contributed by atoms with E-state index in [0.717, 1.165) is 43.7 Å². The van der Waals surface area contributed by atoms with Crippen LogP contribution in [-0.2, 0) is 0 Å². The van der Waals surface area contributed by atoms with Crippen molar-refractivity contribution in [2.24, 2.45) is 0 Å². The summed E-state index contributed by atoms with van der Waals surface area (Å²) in [6.45, 7) is 9.76. The molecule has 3 nitrogen and oxygen atoms in total. The van der Waals surface area contributed by atoms with Gasteiger partial charge in [0.2, 0.25) is 0 Å². The van der Waals surface area contributed by atoms with E-state index in [4.69, 9.17) is 0 Å². The number of hydrogen-bond donors (Lipinski definition) is 0. The smallest absolute Gasteiger partial charge is 0.253 e. The number of benzene rings is 1. The molecule has 0 unspecified atom stereocenters. The van der Waals surface area contributed by atoms with Crippen LogP contribution in [0.15, 0.2) is 36.9 Å². The molecule has 2 aliphatic heterocycles. The molecular weight excluding hydrogens is 272 g/mol. The second kappa shape index (κ2) is 6.25. The molecule has 0 radical (unpaired) electrons. The predicted molar refractivity (Wildman–Crippen MR) is 90.1 cm³/mol. The molecule has 2 fully saturated rings. The van der Waals surface area contributed by atoms with E-state index in [0.29, 0.717) is 0 Å². The molecular formula is C19H26N2O. The van der Waals surface area contributed by atoms with Crippen molar-refractivity contribution in [1.82, 2.24) is 9.80 Å². The van der Waals surface area contributed by atoms with Crippen LogP contribution >= 0.6 is 0 Å². The maximum atomic E-state index is 12.8. The molecule has 1 aromatic rings. The first-order valence-electron chi connectivity index (χ1n) is 8.36. The molecule has 2 aliphatic rings. The first-order valence-corrected chi connectivity index (χ1v) is 8.36. The first-order chi connectivity index (χ1) is 10.6. The Bertz CT molecular complexity index is 568. The third-order valence-corrected chi connectivity index (χ3v) is 5.20. The first kappa shape index (κ1) is 15.3. The number of rotatable bonds is 3. The fraction of sp³-hybridized carbons (Fsp3) is 0.526. The van der Waals surface area contributed by atoms with E-state index in [9.17, 15) is 4.79 Å². The van der Waals surface area contributed by atoms with Gasteiger partial charge in [-0.25, -0.2) is 0 Å². The standard InChI is InChI=1S/C19H26N2O/c1-3-11-21-13-6-10-19(21)9-5-12-20(15-19)18(22)17-8-4-7-16(2)14-17/h3-4,7-8,14H,1,5-6,9-13,15H2,2H3/t19-/m1/s1. The van der Waals surface area contributed by atoms with E-state index in [2.05, 4.69) is 16.4 Å². The summed E-state index contributed by atoms with van der Waals surface area (Å²) in [5.74, 6) is 0.188. The summed E-state index contributed by atoms with van der Waals surface area (Å²) in [7, 11) is 0. The lowest BCUT2D eigenvalue weighted by Crippen LogP contribution is -2.56. The number of carbonyl (C=O) groups excluding carboxylic acids is 1. The molecule has 2 saturated heterocycles. The number of likely N-dealkylation sites (tertiary alicyclic amines) is 2. The van der Waals surface area contributed by atoms with Gasteiger partial charge in [-0.2, -0.15) is 0 Å². The van der Waals surface area contributed by atoms with E-state index < -0.39 is 0 Å². The van der Waals surface area contributed by atoms with Crippen LogP contribution in [0.25, 0.3) is 0 Å². The highest BCUT2D eigenvalue weighted by Gasteiger charge is 2.44. The fourth-order valence-electron chi connectivity index (χ4n) is 4.14. The predicted octanol–water partition coefficient (Wildman–Crippen LogP) is 3.25. The number of piperidine rings is 1. The lowest BCUT2D eigenvalue weighted by molar-refractivity contribution is 0.0367. The second-order valence-electron chi connectivity index (χ2n) is 6.76. The van der Waals surface area contributed by atoms with E-state index >= 15 is 0 Å². The van der Waals surface area contributed by atoms with Gasteiger partial charge in [0.1, 0.15) is 0 Å². The number of nitrogens with zero attached hydrogens (tertiary/aromatic N) is 2. The lowest BCUT2D eigenvalue weighted by atomic mass is 9.86. The van der Waals surface area contributed by atoms with Crippen molar-refractivity contribution in [2.45, 2.75) is 38.1 Å². The van der Waals surface area contributed by atoms with Crippen LogP contribution in [0.3, 0.4) is 0 Å². The van der Waals surface area contributed by atoms with Gasteiger partial charge in [0.05, 0.1) is 0 Å². The van der Waals surface area contributed by atoms with E-state index in [1.807, 2.05) is 37.3 Å². The van der Waals surface area contributed by atoms with E-state index in [1.54, 1.807) is 0 Å². The monoisotopic (exact) mass is 298 g/mol. The molecule has 0 bridgehead atoms. The van der Waals surface area contributed by atoms with Crippen molar-refractivity contribution >= 4 is 5.91 Å². The third-order valence-electron chi connectivity index (χ3n) is 5.20. The second-order valence-corrected chi connectivity index (χ2v) is 6.76. The Morgan fingerprint density at radius 2 is 2.09 bits per heavy atom. The Morgan fingerprint density at radius 3 is 2.82 bits per heavy atom. The van der Waals surface area contributed by atoms with Crippen LogP contribution in [0.1, 0.15) is 41.6 Å². The normalized spacial score (nSPS) is 25.6. The zero-order valence-corrected chi connectivity index (χ0v) is 13.6. The number of aryl methyl sites for hydroxylation is 1. The molecule has 1 spiro atoms. The van der Waals surface area contributed by atoms with Gasteiger partial charge in [-0.15, -0.1) is 6.58 Å². The molecule has 0 aromatic heterocycles. The average molecular weight is 298 g/mol. The molecule has 0 aliphatic carbocycles. The zero-order chi connectivity index (χ0) is 15.6. The largest absolute Gasteiger partial charge is 0.337 e. The lowest BCUT2D eigenvalue weighted by Gasteiger charge is -2.45. The van der Waals surface area contributed by atoms with Gasteiger partial charge in [-0.05, 0) is 51.3 Å². The minimum Gasteiger partial charge on any atom is -0.337 e. The molecule has 3 heteroatoms. The van der Waals surface area contributed by atoms with Gasteiger partial charge in [0.25, 0.3) is 5.91 Å². The molecule has 118 valence electrons. The minimum absolute atomic E-state index is 0.186. The van der Waals surface area contributed by atoms with Crippen molar-refractivity contribution in [3.05, 3.63) is 48.0 Å². The quantitative estimate of drug-likeness (QED) is 0.800. The summed E-state index contributed by atoms with van der Waals surface area (Å²) in [5.41, 5.74) is 2.16. The molecule has 1 atom stereocenters. The summed E-state index contributed by atoms with van der Waals surface area (Å²) < 4.78 is 0. The van der Waals surface area contributed by atoms with Crippen molar-refractivity contribution in [1.29, 1.82) is 0 Å². The minimum atomic E-state index is 0.186. The van der Waals surface area contributed by atoms with Gasteiger partial charge < -0.3 is 4.90 Å². The average Bonchev–Trinajstić information content (AvgIpc) is 2.89. The molecule has 0 N–H and O–H groups in total. The van der Waals surface area contributed by atoms with Gasteiger partial charge in [0, 0.05) is 30.7 Å². The summed E-state index contributed by atoms with van der Waals surface area (Å²) in [5, 5.41) is 0. The van der Waals surface area contributed by atoms with Gasteiger partial charge in [0.15, 0.2) is 0 Å². The Balaban J connectivity index is 1.78. The van der Waals surface area contributed by atoms with Crippen molar-refractivity contribution < 1.29 is 4.79 Å². The fourth-order valence-corrected chi connectivity index (χ4v) is 4.14. The Hall–Kier alpha value is -1.61. The van der Waals surface area contributed by atoms with Crippen molar-refractivity contribution in [3.63, 3.8) is 0 Å². The maximum absolute atomic E-state index is 12.8. The molecule has 0 saturated carbocycles. The van der Waals surface area contributed by atoms with Gasteiger partial charge in [-0.1, -0.05) is 23.8 Å². The third kappa shape index (κ3) is 2.82. The van der Waals surface area contributed by atoms with E-state index in [-0.39, 0.29) is 11.4 Å². The molecule has 1 aromatic carbocycles. The number of carbonyl (C=O) groups is 1. The van der Waals surface area contributed by atoms with Crippen molar-refractivity contribution in [3.8, 4) is 0 Å². The van der Waals surface area contributed by atoms with Crippen molar-refractivity contribution in [2.75, 3.05) is 26.2 Å². The molecule has 1 amide bonds. The van der Waals surface area contributed by atoms with Crippen LogP contribution in [-0.4, -0.2) is 47.4 Å². The maximum Gasteiger partial charge on any atom is 0.253 e. The zero-order valence-electron chi connectivity index (χ0n) is 13.6.